The monoisotopic (exact) mass is 560 g/mol. The number of halogens is 3. The fraction of sp³-hybridized carbons (Fsp3) is 0.548. The lowest BCUT2D eigenvalue weighted by Gasteiger charge is -2.32. The van der Waals surface area contributed by atoms with Crippen LogP contribution >= 0.6 is 23.2 Å². The van der Waals surface area contributed by atoms with E-state index in [9.17, 15) is 14.7 Å². The molecule has 2 aromatic rings. The molecule has 1 N–H and O–H groups in total. The second-order valence-corrected chi connectivity index (χ2v) is 12.4. The molecule has 3 atom stereocenters. The molecule has 3 fully saturated rings. The zero-order valence-electron chi connectivity index (χ0n) is 21.7. The Bertz CT molecular complexity index is 1180. The molecule has 7 heteroatoms. The second-order valence-electron chi connectivity index (χ2n) is 11.6. The van der Waals surface area contributed by atoms with E-state index < -0.39 is 23.6 Å². The molecule has 3 aliphatic rings. The summed E-state index contributed by atoms with van der Waals surface area (Å²) in [5.41, 5.74) is 2.08. The Morgan fingerprint density at radius 3 is 2.24 bits per heavy atom. The van der Waals surface area contributed by atoms with Gasteiger partial charge in [0.2, 0.25) is 0 Å². The molecule has 0 heterocycles. The van der Waals surface area contributed by atoms with Crippen molar-refractivity contribution in [2.45, 2.75) is 76.5 Å². The average molecular weight is 562 g/mol. The minimum Gasteiger partial charge on any atom is -0.493 e. The summed E-state index contributed by atoms with van der Waals surface area (Å²) in [5.74, 6) is -1.21. The molecule has 0 aromatic heterocycles. The molecule has 0 amide bonds. The molecule has 3 aliphatic carbocycles. The number of rotatable bonds is 9. The lowest BCUT2D eigenvalue weighted by molar-refractivity contribution is -0.142. The van der Waals surface area contributed by atoms with Crippen LogP contribution in [-0.4, -0.2) is 23.5 Å². The predicted octanol–water partition coefficient (Wildman–Crippen LogP) is 8.68. The van der Waals surface area contributed by atoms with Gasteiger partial charge in [0.05, 0.1) is 18.1 Å². The van der Waals surface area contributed by atoms with Gasteiger partial charge < -0.3 is 9.84 Å². The van der Waals surface area contributed by atoms with Gasteiger partial charge in [-0.1, -0.05) is 36.5 Å². The number of ketones is 1. The van der Waals surface area contributed by atoms with Crippen molar-refractivity contribution in [3.63, 3.8) is 0 Å². The highest BCUT2D eigenvalue weighted by atomic mass is 35.5. The lowest BCUT2D eigenvalue weighted by atomic mass is 9.74. The van der Waals surface area contributed by atoms with Crippen LogP contribution in [0.5, 0.6) is 5.75 Å². The summed E-state index contributed by atoms with van der Waals surface area (Å²) < 4.78 is 21.4. The maximum absolute atomic E-state index is 15.2. The maximum atomic E-state index is 15.2. The second kappa shape index (κ2) is 11.6. The van der Waals surface area contributed by atoms with E-state index in [-0.39, 0.29) is 17.3 Å². The molecule has 2 aromatic carbocycles. The largest absolute Gasteiger partial charge is 0.493 e. The van der Waals surface area contributed by atoms with E-state index in [0.29, 0.717) is 59.4 Å². The fourth-order valence-corrected chi connectivity index (χ4v) is 7.08. The Morgan fingerprint density at radius 2 is 1.61 bits per heavy atom. The molecule has 4 nitrogen and oxygen atoms in total. The summed E-state index contributed by atoms with van der Waals surface area (Å²) in [4.78, 5) is 24.7. The van der Waals surface area contributed by atoms with E-state index in [1.165, 1.54) is 11.6 Å². The van der Waals surface area contributed by atoms with Gasteiger partial charge in [-0.3, -0.25) is 9.59 Å². The maximum Gasteiger partial charge on any atom is 0.307 e. The molecule has 3 saturated carbocycles. The number of carboxylic acids is 1. The molecule has 0 unspecified atom stereocenters. The van der Waals surface area contributed by atoms with Crippen LogP contribution in [0.25, 0.3) is 0 Å². The first-order valence-electron chi connectivity index (χ1n) is 13.9. The topological polar surface area (TPSA) is 63.6 Å². The van der Waals surface area contributed by atoms with Crippen molar-refractivity contribution in [1.82, 2.24) is 0 Å². The minimum atomic E-state index is -0.968. The first-order chi connectivity index (χ1) is 18.2. The number of carboxylic acid groups (broad SMARTS) is 1. The van der Waals surface area contributed by atoms with E-state index in [0.717, 1.165) is 44.1 Å². The van der Waals surface area contributed by atoms with Crippen LogP contribution in [0.4, 0.5) is 4.39 Å². The fourth-order valence-electron chi connectivity index (χ4n) is 6.54. The molecule has 0 radical (unpaired) electrons. The van der Waals surface area contributed by atoms with Gasteiger partial charge in [-0.2, -0.15) is 0 Å². The number of aliphatic carboxylic acids is 1. The molecule has 0 spiro atoms. The number of hydrogen-bond acceptors (Lipinski definition) is 3. The minimum absolute atomic E-state index is 0.0213. The first kappa shape index (κ1) is 27.5. The Labute approximate surface area is 233 Å². The van der Waals surface area contributed by atoms with Gasteiger partial charge >= 0.3 is 5.97 Å². The van der Waals surface area contributed by atoms with Crippen molar-refractivity contribution < 1.29 is 23.8 Å². The standard InChI is InChI=1S/C31H35Cl2FO4/c1-17(21-11-22(32)13-23(33)12-21)19-7-5-18(6-8-19)16-38-29-15-28(34)27(14-26(29)20-9-10-20)30(35)24-3-2-4-25(24)31(36)37/h11-15,17-20,24-25H,2-10,16H2,1H3,(H,36,37)/t17-,18?,19?,24-,25-/m1/s1. The van der Waals surface area contributed by atoms with Gasteiger partial charge in [0.25, 0.3) is 0 Å². The van der Waals surface area contributed by atoms with Gasteiger partial charge in [-0.05, 0) is 110 Å². The summed E-state index contributed by atoms with van der Waals surface area (Å²) in [6.07, 6.45) is 7.89. The SMILES string of the molecule is C[C@@H](c1cc(Cl)cc(Cl)c1)C1CCC(COc2cc(F)c(C(=O)[C@@H]3CCC[C@H]3C(=O)O)cc2C2CC2)CC1. The number of hydrogen-bond donors (Lipinski definition) is 1. The highest BCUT2D eigenvalue weighted by Crippen LogP contribution is 2.46. The predicted molar refractivity (Wildman–Crippen MR) is 147 cm³/mol. The van der Waals surface area contributed by atoms with Gasteiger partial charge in [0, 0.05) is 22.0 Å². The number of carbonyl (C=O) groups is 2. The summed E-state index contributed by atoms with van der Waals surface area (Å²) in [7, 11) is 0. The van der Waals surface area contributed by atoms with Gasteiger partial charge in [-0.15, -0.1) is 0 Å². The first-order valence-corrected chi connectivity index (χ1v) is 14.7. The highest BCUT2D eigenvalue weighted by molar-refractivity contribution is 6.34. The lowest BCUT2D eigenvalue weighted by Crippen LogP contribution is -2.26. The van der Waals surface area contributed by atoms with Crippen molar-refractivity contribution >= 4 is 35.0 Å². The Morgan fingerprint density at radius 1 is 0.947 bits per heavy atom. The van der Waals surface area contributed by atoms with Crippen molar-refractivity contribution in [3.05, 3.63) is 62.9 Å². The Kier molecular flexibility index (Phi) is 8.35. The highest BCUT2D eigenvalue weighted by Gasteiger charge is 2.40. The molecule has 5 rings (SSSR count). The van der Waals surface area contributed by atoms with Gasteiger partial charge in [-0.25, -0.2) is 4.39 Å². The summed E-state index contributed by atoms with van der Waals surface area (Å²) in [6.45, 7) is 2.77. The normalized spacial score (nSPS) is 26.2. The van der Waals surface area contributed by atoms with E-state index in [4.69, 9.17) is 27.9 Å². The van der Waals surface area contributed by atoms with E-state index >= 15 is 4.39 Å². The van der Waals surface area contributed by atoms with E-state index in [1.54, 1.807) is 12.1 Å². The molecule has 38 heavy (non-hydrogen) atoms. The average Bonchev–Trinajstić information content (AvgIpc) is 3.61. The van der Waals surface area contributed by atoms with Crippen molar-refractivity contribution in [2.75, 3.05) is 6.61 Å². The molecule has 0 aliphatic heterocycles. The Balaban J connectivity index is 1.22. The quantitative estimate of drug-likeness (QED) is 0.311. The smallest absolute Gasteiger partial charge is 0.307 e. The van der Waals surface area contributed by atoms with Crippen LogP contribution in [0, 0.1) is 29.5 Å². The number of carbonyl (C=O) groups excluding carboxylic acids is 1. The Hall–Kier alpha value is -2.11. The van der Waals surface area contributed by atoms with Crippen LogP contribution in [-0.2, 0) is 4.79 Å². The van der Waals surface area contributed by atoms with Crippen molar-refractivity contribution in [3.8, 4) is 5.75 Å². The van der Waals surface area contributed by atoms with Crippen LogP contribution < -0.4 is 4.74 Å². The van der Waals surface area contributed by atoms with Crippen molar-refractivity contribution in [2.24, 2.45) is 23.7 Å². The van der Waals surface area contributed by atoms with Gasteiger partial charge in [0.1, 0.15) is 11.6 Å². The van der Waals surface area contributed by atoms with E-state index in [1.807, 2.05) is 12.1 Å². The van der Waals surface area contributed by atoms with Crippen LogP contribution in [0.2, 0.25) is 10.0 Å². The third-order valence-corrected chi connectivity index (χ3v) is 9.47. The summed E-state index contributed by atoms with van der Waals surface area (Å²) >= 11 is 12.4. The summed E-state index contributed by atoms with van der Waals surface area (Å²) in [6, 6.07) is 8.78. The molecule has 204 valence electrons. The molecular weight excluding hydrogens is 526 g/mol. The number of ether oxygens (including phenoxy) is 1. The van der Waals surface area contributed by atoms with E-state index in [2.05, 4.69) is 6.92 Å². The zero-order valence-corrected chi connectivity index (χ0v) is 23.2. The van der Waals surface area contributed by atoms with Crippen LogP contribution in [0.15, 0.2) is 30.3 Å². The number of benzene rings is 2. The van der Waals surface area contributed by atoms with Crippen molar-refractivity contribution in [1.29, 1.82) is 0 Å². The molecule has 0 saturated heterocycles. The van der Waals surface area contributed by atoms with Gasteiger partial charge in [0.15, 0.2) is 5.78 Å². The van der Waals surface area contributed by atoms with Crippen LogP contribution in [0.3, 0.4) is 0 Å². The van der Waals surface area contributed by atoms with Crippen LogP contribution in [0.1, 0.15) is 98.0 Å². The molecule has 0 bridgehead atoms. The molecular formula is C31H35Cl2FO4. The third kappa shape index (κ3) is 6.04. The number of Topliss-reactive ketones (excluding diaryl/α,β-unsaturated/α-hetero) is 1. The summed E-state index contributed by atoms with van der Waals surface area (Å²) in [5, 5.41) is 10.8. The third-order valence-electron chi connectivity index (χ3n) is 9.04. The zero-order chi connectivity index (χ0) is 27.0.